The molecule has 23 heavy (non-hydrogen) atoms. The van der Waals surface area contributed by atoms with Crippen molar-refractivity contribution in [2.45, 2.75) is 26.4 Å². The van der Waals surface area contributed by atoms with Gasteiger partial charge in [-0.05, 0) is 62.4 Å². The van der Waals surface area contributed by atoms with Gasteiger partial charge in [-0.15, -0.1) is 0 Å². The van der Waals surface area contributed by atoms with Gasteiger partial charge in [0.15, 0.2) is 0 Å². The van der Waals surface area contributed by atoms with Gasteiger partial charge in [0.25, 0.3) is 0 Å². The average molecular weight is 334 g/mol. The number of ether oxygens (including phenoxy) is 2. The maximum atomic E-state index is 11.9. The lowest BCUT2D eigenvalue weighted by Gasteiger charge is -2.11. The van der Waals surface area contributed by atoms with Crippen LogP contribution >= 0.6 is 11.6 Å². The lowest BCUT2D eigenvalue weighted by atomic mass is 10.3. The van der Waals surface area contributed by atoms with E-state index < -0.39 is 0 Å². The highest BCUT2D eigenvalue weighted by atomic mass is 35.5. The van der Waals surface area contributed by atoms with Crippen molar-refractivity contribution in [1.29, 1.82) is 0 Å². The predicted molar refractivity (Wildman–Crippen MR) is 92.4 cm³/mol. The number of amides is 1. The average Bonchev–Trinajstić information content (AvgIpc) is 2.51. The molecule has 2 aromatic rings. The van der Waals surface area contributed by atoms with E-state index in [1.165, 1.54) is 0 Å². The van der Waals surface area contributed by atoms with Gasteiger partial charge in [0.2, 0.25) is 5.91 Å². The Balaban J connectivity index is 1.75. The van der Waals surface area contributed by atoms with Crippen LogP contribution in [0, 0.1) is 0 Å². The van der Waals surface area contributed by atoms with E-state index in [1.807, 2.05) is 38.1 Å². The van der Waals surface area contributed by atoms with Crippen molar-refractivity contribution in [2.75, 3.05) is 11.9 Å². The van der Waals surface area contributed by atoms with Crippen molar-refractivity contribution in [1.82, 2.24) is 0 Å². The smallest absolute Gasteiger partial charge is 0.227 e. The predicted octanol–water partition coefficient (Wildman–Crippen LogP) is 4.53. The summed E-state index contributed by atoms with van der Waals surface area (Å²) in [5.41, 5.74) is 0.734. The molecule has 0 aliphatic rings. The quantitative estimate of drug-likeness (QED) is 0.809. The number of carbonyl (C=O) groups excluding carboxylic acids is 1. The highest BCUT2D eigenvalue weighted by molar-refractivity contribution is 6.30. The van der Waals surface area contributed by atoms with Gasteiger partial charge in [0, 0.05) is 10.7 Å². The third-order valence-corrected chi connectivity index (χ3v) is 3.17. The molecule has 2 aromatic carbocycles. The monoisotopic (exact) mass is 333 g/mol. The molecule has 0 bridgehead atoms. The van der Waals surface area contributed by atoms with Crippen LogP contribution in [0.4, 0.5) is 5.69 Å². The zero-order valence-corrected chi connectivity index (χ0v) is 14.0. The Kier molecular flexibility index (Phi) is 6.29. The Labute approximate surface area is 141 Å². The van der Waals surface area contributed by atoms with Gasteiger partial charge < -0.3 is 14.8 Å². The summed E-state index contributed by atoms with van der Waals surface area (Å²) in [5, 5.41) is 3.48. The van der Waals surface area contributed by atoms with Gasteiger partial charge >= 0.3 is 0 Å². The molecule has 4 nitrogen and oxygen atoms in total. The van der Waals surface area contributed by atoms with Crippen LogP contribution in [0.5, 0.6) is 11.5 Å². The summed E-state index contributed by atoms with van der Waals surface area (Å²) in [6.45, 7) is 4.24. The van der Waals surface area contributed by atoms with E-state index in [1.54, 1.807) is 24.3 Å². The molecule has 0 fully saturated rings. The molecule has 0 radical (unpaired) electrons. The Morgan fingerprint density at radius 1 is 1.04 bits per heavy atom. The van der Waals surface area contributed by atoms with E-state index >= 15 is 0 Å². The van der Waals surface area contributed by atoms with Gasteiger partial charge in [-0.1, -0.05) is 11.6 Å². The number of carbonyl (C=O) groups is 1. The lowest BCUT2D eigenvalue weighted by molar-refractivity contribution is -0.116. The maximum absolute atomic E-state index is 11.9. The van der Waals surface area contributed by atoms with Crippen molar-refractivity contribution < 1.29 is 14.3 Å². The van der Waals surface area contributed by atoms with Gasteiger partial charge in [0.05, 0.1) is 19.1 Å². The Hall–Kier alpha value is -2.20. The fourth-order valence-electron chi connectivity index (χ4n) is 1.90. The van der Waals surface area contributed by atoms with Crippen LogP contribution in [-0.2, 0) is 4.79 Å². The molecule has 1 N–H and O–H groups in total. The molecular formula is C18H20ClNO3. The fraction of sp³-hybridized carbons (Fsp3) is 0.278. The van der Waals surface area contributed by atoms with Crippen molar-refractivity contribution in [3.05, 3.63) is 53.6 Å². The number of rotatable bonds is 7. The van der Waals surface area contributed by atoms with Crippen LogP contribution in [0.15, 0.2) is 48.5 Å². The van der Waals surface area contributed by atoms with Crippen LogP contribution in [0.2, 0.25) is 5.02 Å². The van der Waals surface area contributed by atoms with Crippen LogP contribution in [-0.4, -0.2) is 18.6 Å². The van der Waals surface area contributed by atoms with Gasteiger partial charge in [-0.2, -0.15) is 0 Å². The fourth-order valence-corrected chi connectivity index (χ4v) is 2.03. The van der Waals surface area contributed by atoms with Crippen molar-refractivity contribution in [3.8, 4) is 11.5 Å². The Morgan fingerprint density at radius 3 is 2.26 bits per heavy atom. The lowest BCUT2D eigenvalue weighted by Crippen LogP contribution is -2.15. The molecule has 5 heteroatoms. The first kappa shape index (κ1) is 17.2. The molecule has 0 aliphatic heterocycles. The first-order valence-corrected chi connectivity index (χ1v) is 7.85. The minimum atomic E-state index is -0.100. The second-order valence-corrected chi connectivity index (χ2v) is 5.73. The maximum Gasteiger partial charge on any atom is 0.227 e. The summed E-state index contributed by atoms with van der Waals surface area (Å²) in [5.74, 6) is 1.37. The first-order chi connectivity index (χ1) is 11.0. The highest BCUT2D eigenvalue weighted by Gasteiger charge is 2.04. The molecule has 0 aliphatic carbocycles. The standard InChI is InChI=1S/C18H20ClNO3/c1-13(2)23-17-9-5-15(6-10-17)20-18(21)11-12-22-16-7-3-14(19)4-8-16/h3-10,13H,11-12H2,1-2H3,(H,20,21). The summed E-state index contributed by atoms with van der Waals surface area (Å²) >= 11 is 5.80. The van der Waals surface area contributed by atoms with Crippen molar-refractivity contribution >= 4 is 23.2 Å². The van der Waals surface area contributed by atoms with E-state index in [0.717, 1.165) is 11.4 Å². The van der Waals surface area contributed by atoms with Crippen LogP contribution in [0.25, 0.3) is 0 Å². The second kappa shape index (κ2) is 8.44. The molecule has 122 valence electrons. The van der Waals surface area contributed by atoms with Crippen LogP contribution in [0.3, 0.4) is 0 Å². The summed E-state index contributed by atoms with van der Waals surface area (Å²) < 4.78 is 11.0. The molecule has 0 aromatic heterocycles. The number of hydrogen-bond acceptors (Lipinski definition) is 3. The normalized spacial score (nSPS) is 10.4. The summed E-state index contributed by atoms with van der Waals surface area (Å²) in [4.78, 5) is 11.9. The van der Waals surface area contributed by atoms with Crippen LogP contribution < -0.4 is 14.8 Å². The van der Waals surface area contributed by atoms with E-state index in [2.05, 4.69) is 5.32 Å². The Morgan fingerprint density at radius 2 is 1.65 bits per heavy atom. The summed E-state index contributed by atoms with van der Waals surface area (Å²) in [6, 6.07) is 14.3. The number of anilines is 1. The second-order valence-electron chi connectivity index (χ2n) is 5.29. The molecule has 0 saturated carbocycles. The zero-order chi connectivity index (χ0) is 16.7. The molecule has 0 spiro atoms. The van der Waals surface area contributed by atoms with Gasteiger partial charge in [-0.25, -0.2) is 0 Å². The molecule has 0 heterocycles. The van der Waals surface area contributed by atoms with Crippen molar-refractivity contribution in [3.63, 3.8) is 0 Å². The van der Waals surface area contributed by atoms with E-state index in [9.17, 15) is 4.79 Å². The number of nitrogens with one attached hydrogen (secondary N) is 1. The number of hydrogen-bond donors (Lipinski definition) is 1. The van der Waals surface area contributed by atoms with Gasteiger partial charge in [0.1, 0.15) is 11.5 Å². The summed E-state index contributed by atoms with van der Waals surface area (Å²) in [6.07, 6.45) is 0.396. The van der Waals surface area contributed by atoms with Gasteiger partial charge in [-0.3, -0.25) is 4.79 Å². The Bertz CT molecular complexity index is 624. The molecule has 1 amide bonds. The minimum absolute atomic E-state index is 0.100. The minimum Gasteiger partial charge on any atom is -0.493 e. The van der Waals surface area contributed by atoms with E-state index in [4.69, 9.17) is 21.1 Å². The largest absolute Gasteiger partial charge is 0.493 e. The van der Waals surface area contributed by atoms with E-state index in [0.29, 0.717) is 17.4 Å². The number of halogens is 1. The zero-order valence-electron chi connectivity index (χ0n) is 13.2. The van der Waals surface area contributed by atoms with E-state index in [-0.39, 0.29) is 18.4 Å². The first-order valence-electron chi connectivity index (χ1n) is 7.48. The highest BCUT2D eigenvalue weighted by Crippen LogP contribution is 2.18. The third-order valence-electron chi connectivity index (χ3n) is 2.92. The third kappa shape index (κ3) is 6.20. The topological polar surface area (TPSA) is 47.6 Å². The molecule has 0 unspecified atom stereocenters. The van der Waals surface area contributed by atoms with Crippen LogP contribution in [0.1, 0.15) is 20.3 Å². The molecule has 0 saturated heterocycles. The SMILES string of the molecule is CC(C)Oc1ccc(NC(=O)CCOc2ccc(Cl)cc2)cc1. The summed E-state index contributed by atoms with van der Waals surface area (Å²) in [7, 11) is 0. The van der Waals surface area contributed by atoms with Crippen molar-refractivity contribution in [2.24, 2.45) is 0 Å². The number of benzene rings is 2. The molecule has 2 rings (SSSR count). The molecular weight excluding hydrogens is 314 g/mol. The molecule has 0 atom stereocenters.